The molecule has 2 fully saturated rings. The number of aryl methyl sites for hydroxylation is 2. The maximum atomic E-state index is 13.2. The minimum absolute atomic E-state index is 0.0939. The molecule has 0 aromatic carbocycles. The van der Waals surface area contributed by atoms with E-state index in [-0.39, 0.29) is 29.4 Å². The molecular weight excluding hydrogens is 440 g/mol. The van der Waals surface area contributed by atoms with Gasteiger partial charge >= 0.3 is 0 Å². The first kappa shape index (κ1) is 24.2. The first-order valence-corrected chi connectivity index (χ1v) is 13.6. The van der Waals surface area contributed by atoms with Crippen LogP contribution in [-0.2, 0) is 27.7 Å². The number of sulfone groups is 1. The zero-order chi connectivity index (χ0) is 23.9. The summed E-state index contributed by atoms with van der Waals surface area (Å²) in [5, 5.41) is 4.65. The molecule has 2 aliphatic rings. The van der Waals surface area contributed by atoms with Crippen molar-refractivity contribution in [3.63, 3.8) is 0 Å². The maximum absolute atomic E-state index is 13.2. The third kappa shape index (κ3) is 5.10. The van der Waals surface area contributed by atoms with Crippen molar-refractivity contribution in [1.82, 2.24) is 19.2 Å². The number of nitrogens with zero attached hydrogens (tertiary/aromatic N) is 4. The lowest BCUT2D eigenvalue weighted by atomic mass is 10.1. The lowest BCUT2D eigenvalue weighted by Crippen LogP contribution is -2.26. The number of Topliss-reactive ketones (excluding diaryl/α,β-unsaturated/α-hetero) is 1. The molecule has 182 valence electrons. The van der Waals surface area contributed by atoms with E-state index in [1.807, 2.05) is 50.4 Å². The standard InChI is InChI=1S/C24H36N4O4S/c1-16-11-22(18(3)27(16)12-21-7-6-9-32-21)24(29)14-26(5)13-23-17(2)25-28(19(23)4)20-8-10-33(30,31)15-20/h11,20-21H,6-10,12-15H2,1-5H3/t20-,21+/m1/s1. The molecule has 2 aromatic rings. The topological polar surface area (TPSA) is 86.4 Å². The minimum Gasteiger partial charge on any atom is -0.376 e. The molecule has 33 heavy (non-hydrogen) atoms. The van der Waals surface area contributed by atoms with E-state index in [0.29, 0.717) is 19.5 Å². The smallest absolute Gasteiger partial charge is 0.178 e. The fraction of sp³-hybridized carbons (Fsp3) is 0.667. The van der Waals surface area contributed by atoms with Crippen molar-refractivity contribution in [2.45, 2.75) is 72.2 Å². The van der Waals surface area contributed by atoms with Crippen LogP contribution in [0.5, 0.6) is 0 Å². The Labute approximate surface area is 196 Å². The third-order valence-electron chi connectivity index (χ3n) is 7.15. The zero-order valence-corrected chi connectivity index (χ0v) is 21.2. The number of ketones is 1. The molecule has 0 saturated carbocycles. The van der Waals surface area contributed by atoms with E-state index in [1.165, 1.54) is 0 Å². The van der Waals surface area contributed by atoms with Gasteiger partial charge < -0.3 is 9.30 Å². The van der Waals surface area contributed by atoms with Crippen LogP contribution in [0.3, 0.4) is 0 Å². The van der Waals surface area contributed by atoms with Crippen molar-refractivity contribution in [1.29, 1.82) is 0 Å². The molecule has 0 N–H and O–H groups in total. The highest BCUT2D eigenvalue weighted by atomic mass is 32.2. The number of aromatic nitrogens is 3. The Morgan fingerprint density at radius 2 is 1.97 bits per heavy atom. The number of hydrogen-bond acceptors (Lipinski definition) is 6. The Kier molecular flexibility index (Phi) is 6.85. The van der Waals surface area contributed by atoms with Gasteiger partial charge in [0.15, 0.2) is 15.6 Å². The molecule has 0 radical (unpaired) electrons. The SMILES string of the molecule is Cc1nn([C@@H]2CCS(=O)(=O)C2)c(C)c1CN(C)CC(=O)c1cc(C)n(C[C@@H]2CCCO2)c1C. The average Bonchev–Trinajstić information content (AvgIpc) is 3.50. The van der Waals surface area contributed by atoms with Crippen molar-refractivity contribution >= 4 is 15.6 Å². The Bertz CT molecular complexity index is 1140. The summed E-state index contributed by atoms with van der Waals surface area (Å²) in [5.74, 6) is 0.490. The molecule has 2 saturated heterocycles. The molecule has 0 bridgehead atoms. The van der Waals surface area contributed by atoms with Gasteiger partial charge in [0, 0.05) is 47.9 Å². The second kappa shape index (κ2) is 9.35. The van der Waals surface area contributed by atoms with Crippen LogP contribution >= 0.6 is 0 Å². The van der Waals surface area contributed by atoms with Crippen LogP contribution < -0.4 is 0 Å². The third-order valence-corrected chi connectivity index (χ3v) is 8.91. The number of carbonyl (C=O) groups is 1. The van der Waals surface area contributed by atoms with Gasteiger partial charge in [0.25, 0.3) is 0 Å². The van der Waals surface area contributed by atoms with Crippen molar-refractivity contribution < 1.29 is 17.9 Å². The van der Waals surface area contributed by atoms with E-state index >= 15 is 0 Å². The second-order valence-electron chi connectivity index (χ2n) is 9.78. The fourth-order valence-corrected chi connectivity index (χ4v) is 6.95. The predicted molar refractivity (Wildman–Crippen MR) is 128 cm³/mol. The van der Waals surface area contributed by atoms with Crippen molar-refractivity contribution in [2.24, 2.45) is 0 Å². The van der Waals surface area contributed by atoms with E-state index in [0.717, 1.165) is 59.9 Å². The number of ether oxygens (including phenoxy) is 1. The quantitative estimate of drug-likeness (QED) is 0.545. The van der Waals surface area contributed by atoms with Gasteiger partial charge in [-0.2, -0.15) is 5.10 Å². The Morgan fingerprint density at radius 3 is 2.61 bits per heavy atom. The van der Waals surface area contributed by atoms with Crippen LogP contribution in [0.2, 0.25) is 0 Å². The molecule has 2 atom stereocenters. The van der Waals surface area contributed by atoms with E-state index in [9.17, 15) is 13.2 Å². The summed E-state index contributed by atoms with van der Waals surface area (Å²) in [4.78, 5) is 15.2. The predicted octanol–water partition coefficient (Wildman–Crippen LogP) is 2.77. The van der Waals surface area contributed by atoms with Crippen LogP contribution in [0.1, 0.15) is 64.0 Å². The summed E-state index contributed by atoms with van der Waals surface area (Å²) in [7, 11) is -1.03. The van der Waals surface area contributed by atoms with Gasteiger partial charge in [-0.3, -0.25) is 14.4 Å². The van der Waals surface area contributed by atoms with Crippen molar-refractivity contribution in [2.75, 3.05) is 31.7 Å². The molecule has 9 heteroatoms. The van der Waals surface area contributed by atoms with Crippen LogP contribution in [0, 0.1) is 27.7 Å². The van der Waals surface area contributed by atoms with E-state index in [2.05, 4.69) is 9.67 Å². The highest BCUT2D eigenvalue weighted by Crippen LogP contribution is 2.27. The summed E-state index contributed by atoms with van der Waals surface area (Å²) < 4.78 is 33.7. The number of likely N-dealkylation sites (N-methyl/N-ethyl adjacent to an activating group) is 1. The van der Waals surface area contributed by atoms with Gasteiger partial charge in [0.2, 0.25) is 0 Å². The van der Waals surface area contributed by atoms with E-state index in [4.69, 9.17) is 4.74 Å². The van der Waals surface area contributed by atoms with Crippen LogP contribution in [0.15, 0.2) is 6.07 Å². The normalized spacial score (nSPS) is 22.5. The highest BCUT2D eigenvalue weighted by molar-refractivity contribution is 7.91. The van der Waals surface area contributed by atoms with Crippen LogP contribution in [0.25, 0.3) is 0 Å². The van der Waals surface area contributed by atoms with Gasteiger partial charge in [0.1, 0.15) is 0 Å². The molecule has 0 amide bonds. The summed E-state index contributed by atoms with van der Waals surface area (Å²) in [6.07, 6.45) is 3.02. The molecule has 4 heterocycles. The van der Waals surface area contributed by atoms with Crippen molar-refractivity contribution in [3.8, 4) is 0 Å². The molecule has 0 spiro atoms. The summed E-state index contributed by atoms with van der Waals surface area (Å²) >= 11 is 0. The molecule has 2 aromatic heterocycles. The van der Waals surface area contributed by atoms with Gasteiger partial charge in [-0.05, 0) is 60.1 Å². The monoisotopic (exact) mass is 476 g/mol. The molecular formula is C24H36N4O4S. The summed E-state index contributed by atoms with van der Waals surface area (Å²) in [6, 6.07) is 1.90. The van der Waals surface area contributed by atoms with Crippen molar-refractivity contribution in [3.05, 3.63) is 40.0 Å². The molecule has 0 aliphatic carbocycles. The zero-order valence-electron chi connectivity index (χ0n) is 20.4. The highest BCUT2D eigenvalue weighted by Gasteiger charge is 2.31. The first-order valence-electron chi connectivity index (χ1n) is 11.8. The second-order valence-corrected chi connectivity index (χ2v) is 12.0. The minimum atomic E-state index is -2.97. The largest absolute Gasteiger partial charge is 0.376 e. The summed E-state index contributed by atoms with van der Waals surface area (Å²) in [5.41, 5.74) is 5.82. The van der Waals surface area contributed by atoms with Gasteiger partial charge in [-0.1, -0.05) is 0 Å². The van der Waals surface area contributed by atoms with Gasteiger partial charge in [-0.25, -0.2) is 8.42 Å². The molecule has 8 nitrogen and oxygen atoms in total. The fourth-order valence-electron chi connectivity index (χ4n) is 5.26. The van der Waals surface area contributed by atoms with E-state index < -0.39 is 9.84 Å². The number of carbonyl (C=O) groups excluding carboxylic acids is 1. The van der Waals surface area contributed by atoms with Crippen LogP contribution in [0.4, 0.5) is 0 Å². The Balaban J connectivity index is 1.43. The maximum Gasteiger partial charge on any atom is 0.178 e. The van der Waals surface area contributed by atoms with Crippen LogP contribution in [-0.4, -0.2) is 71.3 Å². The molecule has 2 aliphatic heterocycles. The van der Waals surface area contributed by atoms with Gasteiger partial charge in [0.05, 0.1) is 35.9 Å². The van der Waals surface area contributed by atoms with E-state index in [1.54, 1.807) is 0 Å². The Hall–Kier alpha value is -1.97. The Morgan fingerprint density at radius 1 is 1.21 bits per heavy atom. The lowest BCUT2D eigenvalue weighted by Gasteiger charge is -2.17. The number of hydrogen-bond donors (Lipinski definition) is 0. The number of rotatable bonds is 8. The molecule has 0 unspecified atom stereocenters. The molecule has 4 rings (SSSR count). The summed E-state index contributed by atoms with van der Waals surface area (Å²) in [6.45, 7) is 10.5. The first-order chi connectivity index (χ1) is 15.6. The average molecular weight is 477 g/mol. The van der Waals surface area contributed by atoms with Gasteiger partial charge in [-0.15, -0.1) is 0 Å². The lowest BCUT2D eigenvalue weighted by molar-refractivity contribution is 0.0931.